The molecule has 0 spiro atoms. The largest absolute Gasteiger partial charge is 0.465 e. The van der Waals surface area contributed by atoms with Crippen LogP contribution >= 0.6 is 0 Å². The van der Waals surface area contributed by atoms with Crippen LogP contribution in [0.25, 0.3) is 6.08 Å². The lowest BCUT2D eigenvalue weighted by Crippen LogP contribution is -2.44. The van der Waals surface area contributed by atoms with E-state index in [2.05, 4.69) is 28.2 Å². The summed E-state index contributed by atoms with van der Waals surface area (Å²) in [5.41, 5.74) is 1.91. The van der Waals surface area contributed by atoms with Gasteiger partial charge in [0.25, 0.3) is 0 Å². The molecule has 1 aromatic heterocycles. The quantitative estimate of drug-likeness (QED) is 0.882. The molecule has 0 aliphatic carbocycles. The van der Waals surface area contributed by atoms with E-state index in [4.69, 9.17) is 4.42 Å². The summed E-state index contributed by atoms with van der Waals surface area (Å²) in [7, 11) is 2.13. The molecule has 2 heterocycles. The molecule has 1 aliphatic rings. The first-order valence-corrected chi connectivity index (χ1v) is 7.77. The fourth-order valence-electron chi connectivity index (χ4n) is 2.62. The average Bonchev–Trinajstić information content (AvgIpc) is 3.08. The van der Waals surface area contributed by atoms with E-state index in [1.165, 1.54) is 6.08 Å². The predicted octanol–water partition coefficient (Wildman–Crippen LogP) is 2.68. The lowest BCUT2D eigenvalue weighted by atomic mass is 10.2. The average molecular weight is 311 g/mol. The number of furan rings is 1. The van der Waals surface area contributed by atoms with Crippen molar-refractivity contribution >= 4 is 23.4 Å². The van der Waals surface area contributed by atoms with Crippen LogP contribution in [-0.2, 0) is 4.79 Å². The second-order valence-electron chi connectivity index (χ2n) is 5.65. The zero-order chi connectivity index (χ0) is 16.1. The maximum absolute atomic E-state index is 12.1. The molecular weight excluding hydrogens is 290 g/mol. The van der Waals surface area contributed by atoms with Crippen LogP contribution in [0.5, 0.6) is 0 Å². The van der Waals surface area contributed by atoms with E-state index in [9.17, 15) is 4.79 Å². The van der Waals surface area contributed by atoms with E-state index >= 15 is 0 Å². The molecule has 1 N–H and O–H groups in total. The Morgan fingerprint density at radius 1 is 1.13 bits per heavy atom. The Morgan fingerprint density at radius 2 is 1.91 bits per heavy atom. The van der Waals surface area contributed by atoms with Gasteiger partial charge >= 0.3 is 0 Å². The second kappa shape index (κ2) is 7.15. The zero-order valence-corrected chi connectivity index (χ0v) is 13.2. The number of para-hydroxylation sites is 2. The topological polar surface area (TPSA) is 48.7 Å². The highest BCUT2D eigenvalue weighted by Gasteiger charge is 2.17. The van der Waals surface area contributed by atoms with Gasteiger partial charge in [-0.3, -0.25) is 4.79 Å². The lowest BCUT2D eigenvalue weighted by molar-refractivity contribution is -0.111. The summed E-state index contributed by atoms with van der Waals surface area (Å²) in [6.07, 6.45) is 4.73. The van der Waals surface area contributed by atoms with Crippen LogP contribution < -0.4 is 10.2 Å². The van der Waals surface area contributed by atoms with Crippen LogP contribution in [0.1, 0.15) is 5.76 Å². The number of rotatable bonds is 4. The number of carbonyl (C=O) groups is 1. The first-order valence-electron chi connectivity index (χ1n) is 7.77. The summed E-state index contributed by atoms with van der Waals surface area (Å²) in [6, 6.07) is 11.5. The molecule has 1 amide bonds. The number of benzene rings is 1. The predicted molar refractivity (Wildman–Crippen MR) is 92.5 cm³/mol. The summed E-state index contributed by atoms with van der Waals surface area (Å²) in [5.74, 6) is 0.496. The number of nitrogens with one attached hydrogen (secondary N) is 1. The Balaban J connectivity index is 1.69. The van der Waals surface area contributed by atoms with Gasteiger partial charge in [-0.25, -0.2) is 0 Å². The first-order chi connectivity index (χ1) is 11.2. The van der Waals surface area contributed by atoms with Crippen molar-refractivity contribution in [2.75, 3.05) is 43.4 Å². The summed E-state index contributed by atoms with van der Waals surface area (Å²) in [5, 5.41) is 2.96. The summed E-state index contributed by atoms with van der Waals surface area (Å²) >= 11 is 0. The molecule has 3 rings (SSSR count). The highest BCUT2D eigenvalue weighted by molar-refractivity contribution is 6.03. The van der Waals surface area contributed by atoms with E-state index in [1.807, 2.05) is 24.3 Å². The standard InChI is InChI=1S/C18H21N3O2/c1-20-10-12-21(13-11-20)17-7-3-2-6-16(17)19-18(22)9-8-15-5-4-14-23-15/h2-9,14H,10-13H2,1H3,(H,19,22)/b9-8+. The van der Waals surface area contributed by atoms with Gasteiger partial charge in [-0.1, -0.05) is 12.1 Å². The van der Waals surface area contributed by atoms with Crippen molar-refractivity contribution in [2.24, 2.45) is 0 Å². The Hall–Kier alpha value is -2.53. The Kier molecular flexibility index (Phi) is 4.78. The van der Waals surface area contributed by atoms with Gasteiger partial charge in [0.15, 0.2) is 0 Å². The maximum atomic E-state index is 12.1. The van der Waals surface area contributed by atoms with Crippen LogP contribution in [0, 0.1) is 0 Å². The molecule has 0 bridgehead atoms. The molecule has 0 atom stereocenters. The van der Waals surface area contributed by atoms with Crippen LogP contribution in [-0.4, -0.2) is 44.0 Å². The van der Waals surface area contributed by atoms with Crippen LogP contribution in [0.15, 0.2) is 53.2 Å². The number of piperazine rings is 1. The van der Waals surface area contributed by atoms with E-state index in [1.54, 1.807) is 18.4 Å². The number of amides is 1. The second-order valence-corrected chi connectivity index (χ2v) is 5.65. The smallest absolute Gasteiger partial charge is 0.248 e. The molecule has 1 aliphatic heterocycles. The third-order valence-electron chi connectivity index (χ3n) is 3.95. The highest BCUT2D eigenvalue weighted by Crippen LogP contribution is 2.26. The van der Waals surface area contributed by atoms with Gasteiger partial charge in [0.2, 0.25) is 5.91 Å². The highest BCUT2D eigenvalue weighted by atomic mass is 16.3. The van der Waals surface area contributed by atoms with Crippen LogP contribution in [0.4, 0.5) is 11.4 Å². The van der Waals surface area contributed by atoms with Crippen molar-refractivity contribution in [3.05, 3.63) is 54.5 Å². The Bertz CT molecular complexity index is 671. The molecule has 0 unspecified atom stereocenters. The van der Waals surface area contributed by atoms with Gasteiger partial charge in [-0.05, 0) is 37.4 Å². The summed E-state index contributed by atoms with van der Waals surface area (Å²) in [4.78, 5) is 16.7. The van der Waals surface area contributed by atoms with E-state index < -0.39 is 0 Å². The normalized spacial score (nSPS) is 16.0. The maximum Gasteiger partial charge on any atom is 0.248 e. The third-order valence-corrected chi connectivity index (χ3v) is 3.95. The minimum absolute atomic E-state index is 0.164. The lowest BCUT2D eigenvalue weighted by Gasteiger charge is -2.35. The fraction of sp³-hybridized carbons (Fsp3) is 0.278. The number of nitrogens with zero attached hydrogens (tertiary/aromatic N) is 2. The number of carbonyl (C=O) groups excluding carboxylic acids is 1. The van der Waals surface area contributed by atoms with Crippen molar-refractivity contribution < 1.29 is 9.21 Å². The molecule has 0 radical (unpaired) electrons. The molecule has 1 saturated heterocycles. The minimum atomic E-state index is -0.164. The van der Waals surface area contributed by atoms with Gasteiger partial charge in [-0.15, -0.1) is 0 Å². The van der Waals surface area contributed by atoms with E-state index in [0.29, 0.717) is 5.76 Å². The van der Waals surface area contributed by atoms with Crippen LogP contribution in [0.3, 0.4) is 0 Å². The molecular formula is C18H21N3O2. The van der Waals surface area contributed by atoms with E-state index in [0.717, 1.165) is 37.6 Å². The Labute approximate surface area is 136 Å². The van der Waals surface area contributed by atoms with Crippen molar-refractivity contribution in [3.63, 3.8) is 0 Å². The Morgan fingerprint density at radius 3 is 2.65 bits per heavy atom. The molecule has 5 heteroatoms. The van der Waals surface area contributed by atoms with Crippen molar-refractivity contribution in [3.8, 4) is 0 Å². The van der Waals surface area contributed by atoms with Gasteiger partial charge in [-0.2, -0.15) is 0 Å². The van der Waals surface area contributed by atoms with Gasteiger partial charge in [0.05, 0.1) is 17.6 Å². The third kappa shape index (κ3) is 4.02. The van der Waals surface area contributed by atoms with Crippen molar-refractivity contribution in [2.45, 2.75) is 0 Å². The SMILES string of the molecule is CN1CCN(c2ccccc2NC(=O)/C=C/c2ccco2)CC1. The summed E-state index contributed by atoms with van der Waals surface area (Å²) < 4.78 is 5.18. The number of hydrogen-bond acceptors (Lipinski definition) is 4. The minimum Gasteiger partial charge on any atom is -0.465 e. The number of hydrogen-bond donors (Lipinski definition) is 1. The van der Waals surface area contributed by atoms with Gasteiger partial charge < -0.3 is 19.5 Å². The molecule has 1 fully saturated rings. The van der Waals surface area contributed by atoms with Gasteiger partial charge in [0.1, 0.15) is 5.76 Å². The monoisotopic (exact) mass is 311 g/mol. The molecule has 0 saturated carbocycles. The molecule has 23 heavy (non-hydrogen) atoms. The summed E-state index contributed by atoms with van der Waals surface area (Å²) in [6.45, 7) is 3.98. The fourth-order valence-corrected chi connectivity index (χ4v) is 2.62. The van der Waals surface area contributed by atoms with E-state index in [-0.39, 0.29) is 5.91 Å². The van der Waals surface area contributed by atoms with Crippen molar-refractivity contribution in [1.82, 2.24) is 4.90 Å². The number of likely N-dealkylation sites (N-methyl/N-ethyl adjacent to an activating group) is 1. The number of anilines is 2. The van der Waals surface area contributed by atoms with Crippen molar-refractivity contribution in [1.29, 1.82) is 0 Å². The molecule has 2 aromatic rings. The molecule has 120 valence electrons. The molecule has 5 nitrogen and oxygen atoms in total. The van der Waals surface area contributed by atoms with Gasteiger partial charge in [0, 0.05) is 32.3 Å². The molecule has 1 aromatic carbocycles. The zero-order valence-electron chi connectivity index (χ0n) is 13.2. The van der Waals surface area contributed by atoms with Crippen LogP contribution in [0.2, 0.25) is 0 Å². The first kappa shape index (κ1) is 15.4.